The van der Waals surface area contributed by atoms with Crippen molar-refractivity contribution in [1.82, 2.24) is 0 Å². The van der Waals surface area contributed by atoms with Gasteiger partial charge in [-0.2, -0.15) is 0 Å². The van der Waals surface area contributed by atoms with Gasteiger partial charge in [-0.25, -0.2) is 0 Å². The molecule has 0 radical (unpaired) electrons. The topological polar surface area (TPSA) is 51.0 Å². The van der Waals surface area contributed by atoms with Crippen molar-refractivity contribution in [3.05, 3.63) is 12.0 Å². The van der Waals surface area contributed by atoms with Crippen LogP contribution in [0.25, 0.3) is 0 Å². The van der Waals surface area contributed by atoms with Crippen molar-refractivity contribution < 1.29 is 9.53 Å². The van der Waals surface area contributed by atoms with Gasteiger partial charge in [0.25, 0.3) is 5.91 Å². The second-order valence-corrected chi connectivity index (χ2v) is 1.45. The van der Waals surface area contributed by atoms with Crippen LogP contribution in [0.1, 0.15) is 6.92 Å². The van der Waals surface area contributed by atoms with Gasteiger partial charge >= 0.3 is 0 Å². The van der Waals surface area contributed by atoms with E-state index in [9.17, 15) is 4.79 Å². The molecule has 4 heteroatoms. The summed E-state index contributed by atoms with van der Waals surface area (Å²) in [4.78, 5) is 10.3. The standard InChI is InChI=1S/C5H6N2O2/c1-2-9-5-3-4(8)6-7-5/h3H,2H2,1H3. The Hall–Kier alpha value is -1.19. The van der Waals surface area contributed by atoms with Gasteiger partial charge in [0.05, 0.1) is 12.7 Å². The van der Waals surface area contributed by atoms with Crippen LogP contribution in [0, 0.1) is 0 Å². The molecule has 1 rings (SSSR count). The molecule has 0 fully saturated rings. The number of amides is 1. The van der Waals surface area contributed by atoms with E-state index in [1.165, 1.54) is 6.08 Å². The molecule has 4 nitrogen and oxygen atoms in total. The molecule has 0 bridgehead atoms. The molecule has 1 aliphatic rings. The van der Waals surface area contributed by atoms with E-state index >= 15 is 0 Å². The second kappa shape index (κ2) is 2.39. The van der Waals surface area contributed by atoms with Gasteiger partial charge in [0.1, 0.15) is 0 Å². The fourth-order valence-electron chi connectivity index (χ4n) is 0.480. The maximum Gasteiger partial charge on any atom is 0.293 e. The molecule has 9 heavy (non-hydrogen) atoms. The number of nitrogens with zero attached hydrogens (tertiary/aromatic N) is 2. The Balaban J connectivity index is 2.53. The number of hydrogen-bond donors (Lipinski definition) is 0. The van der Waals surface area contributed by atoms with Crippen LogP contribution in [-0.4, -0.2) is 12.5 Å². The Bertz CT molecular complexity index is 183. The maximum absolute atomic E-state index is 10.3. The third kappa shape index (κ3) is 1.35. The molecule has 0 aromatic carbocycles. The van der Waals surface area contributed by atoms with Crippen LogP contribution in [0.3, 0.4) is 0 Å². The van der Waals surface area contributed by atoms with Gasteiger partial charge in [-0.05, 0) is 6.92 Å². The van der Waals surface area contributed by atoms with E-state index in [0.717, 1.165) is 0 Å². The van der Waals surface area contributed by atoms with Crippen molar-refractivity contribution in [1.29, 1.82) is 0 Å². The second-order valence-electron chi connectivity index (χ2n) is 1.45. The highest BCUT2D eigenvalue weighted by atomic mass is 16.5. The predicted octanol–water partition coefficient (Wildman–Crippen LogP) is 0.857. The summed E-state index contributed by atoms with van der Waals surface area (Å²) in [7, 11) is 0. The van der Waals surface area contributed by atoms with Crippen LogP contribution in [-0.2, 0) is 9.53 Å². The first kappa shape index (κ1) is 5.94. The third-order valence-electron chi connectivity index (χ3n) is 0.786. The zero-order chi connectivity index (χ0) is 6.69. The van der Waals surface area contributed by atoms with Crippen LogP contribution in [0.5, 0.6) is 0 Å². The molecule has 0 spiro atoms. The summed E-state index contributed by atoms with van der Waals surface area (Å²) >= 11 is 0. The van der Waals surface area contributed by atoms with E-state index in [4.69, 9.17) is 4.74 Å². The van der Waals surface area contributed by atoms with Gasteiger partial charge in [-0.1, -0.05) is 0 Å². The number of carbonyl (C=O) groups is 1. The minimum Gasteiger partial charge on any atom is -0.477 e. The summed E-state index contributed by atoms with van der Waals surface area (Å²) < 4.78 is 4.85. The first-order valence-electron chi connectivity index (χ1n) is 2.63. The molecule has 0 saturated heterocycles. The fourth-order valence-corrected chi connectivity index (χ4v) is 0.480. The number of azo groups is 1. The van der Waals surface area contributed by atoms with Crippen molar-refractivity contribution in [2.75, 3.05) is 6.61 Å². The van der Waals surface area contributed by atoms with Crippen LogP contribution in [0.2, 0.25) is 0 Å². The Morgan fingerprint density at radius 2 is 2.44 bits per heavy atom. The fraction of sp³-hybridized carbons (Fsp3) is 0.400. The van der Waals surface area contributed by atoms with E-state index < -0.39 is 0 Å². The van der Waals surface area contributed by atoms with Gasteiger partial charge in [-0.3, -0.25) is 4.79 Å². The highest BCUT2D eigenvalue weighted by molar-refractivity contribution is 5.89. The lowest BCUT2D eigenvalue weighted by molar-refractivity contribution is -0.113. The summed E-state index contributed by atoms with van der Waals surface area (Å²) in [6.07, 6.45) is 1.25. The van der Waals surface area contributed by atoms with Crippen LogP contribution in [0.15, 0.2) is 22.2 Å². The largest absolute Gasteiger partial charge is 0.477 e. The molecule has 1 aliphatic heterocycles. The van der Waals surface area contributed by atoms with Gasteiger partial charge in [0.15, 0.2) is 0 Å². The number of ether oxygens (including phenoxy) is 1. The highest BCUT2D eigenvalue weighted by Crippen LogP contribution is 2.06. The van der Waals surface area contributed by atoms with E-state index in [1.54, 1.807) is 0 Å². The third-order valence-corrected chi connectivity index (χ3v) is 0.786. The molecule has 0 saturated carbocycles. The van der Waals surface area contributed by atoms with Crippen LogP contribution in [0.4, 0.5) is 0 Å². The monoisotopic (exact) mass is 126 g/mol. The Morgan fingerprint density at radius 3 is 2.89 bits per heavy atom. The van der Waals surface area contributed by atoms with Crippen molar-refractivity contribution in [2.45, 2.75) is 6.92 Å². The SMILES string of the molecule is CCOC1=CC(=O)N=N1. The van der Waals surface area contributed by atoms with Gasteiger partial charge in [0.2, 0.25) is 5.88 Å². The summed E-state index contributed by atoms with van der Waals surface area (Å²) in [5.41, 5.74) is 0. The Labute approximate surface area is 52.2 Å². The molecule has 1 amide bonds. The molecule has 48 valence electrons. The quantitative estimate of drug-likeness (QED) is 0.550. The van der Waals surface area contributed by atoms with Crippen molar-refractivity contribution in [2.24, 2.45) is 10.2 Å². The summed E-state index contributed by atoms with van der Waals surface area (Å²) in [5.74, 6) is -0.0408. The molecule has 0 aliphatic carbocycles. The smallest absolute Gasteiger partial charge is 0.293 e. The molecular formula is C5H6N2O2. The summed E-state index contributed by atoms with van der Waals surface area (Å²) in [6.45, 7) is 2.33. The molecule has 0 N–H and O–H groups in total. The minimum atomic E-state index is -0.349. The average molecular weight is 126 g/mol. The molecular weight excluding hydrogens is 120 g/mol. The zero-order valence-corrected chi connectivity index (χ0v) is 5.00. The maximum atomic E-state index is 10.3. The molecule has 0 aromatic heterocycles. The van der Waals surface area contributed by atoms with Crippen molar-refractivity contribution in [3.8, 4) is 0 Å². The molecule has 1 heterocycles. The number of carbonyl (C=O) groups excluding carboxylic acids is 1. The predicted molar refractivity (Wildman–Crippen MR) is 29.6 cm³/mol. The Morgan fingerprint density at radius 1 is 1.67 bits per heavy atom. The lowest BCUT2D eigenvalue weighted by Gasteiger charge is -1.93. The highest BCUT2D eigenvalue weighted by Gasteiger charge is 2.06. The zero-order valence-electron chi connectivity index (χ0n) is 5.00. The molecule has 0 aromatic rings. The minimum absolute atomic E-state index is 0.308. The normalized spacial score (nSPS) is 16.1. The number of rotatable bonds is 2. The summed E-state index contributed by atoms with van der Waals surface area (Å²) in [5, 5.41) is 6.63. The molecule has 0 atom stereocenters. The lowest BCUT2D eigenvalue weighted by Crippen LogP contribution is -1.85. The van der Waals surface area contributed by atoms with E-state index in [-0.39, 0.29) is 5.91 Å². The van der Waals surface area contributed by atoms with Crippen molar-refractivity contribution in [3.63, 3.8) is 0 Å². The van der Waals surface area contributed by atoms with E-state index in [0.29, 0.717) is 12.5 Å². The van der Waals surface area contributed by atoms with Crippen molar-refractivity contribution >= 4 is 5.91 Å². The van der Waals surface area contributed by atoms with Crippen LogP contribution < -0.4 is 0 Å². The van der Waals surface area contributed by atoms with Gasteiger partial charge < -0.3 is 4.74 Å². The van der Waals surface area contributed by atoms with Gasteiger partial charge in [0, 0.05) is 0 Å². The van der Waals surface area contributed by atoms with Crippen LogP contribution >= 0.6 is 0 Å². The number of hydrogen-bond acceptors (Lipinski definition) is 3. The average Bonchev–Trinajstić information content (AvgIpc) is 2.17. The van der Waals surface area contributed by atoms with Gasteiger partial charge in [-0.15, -0.1) is 10.2 Å². The first-order valence-corrected chi connectivity index (χ1v) is 2.63. The van der Waals surface area contributed by atoms with E-state index in [1.807, 2.05) is 6.92 Å². The first-order chi connectivity index (χ1) is 4.33. The lowest BCUT2D eigenvalue weighted by atomic mass is 10.6. The summed E-state index contributed by atoms with van der Waals surface area (Å²) in [6, 6.07) is 0. The van der Waals surface area contributed by atoms with E-state index in [2.05, 4.69) is 10.2 Å². The Kier molecular flexibility index (Phi) is 1.58. The molecule has 0 unspecified atom stereocenters.